The Balaban J connectivity index is 2.38. The molecule has 4 nitrogen and oxygen atoms in total. The molecular weight excluding hydrogens is 142 g/mol. The lowest BCUT2D eigenvalue weighted by Crippen LogP contribution is -2.15. The number of aromatic nitrogens is 2. The number of nitrogens with one attached hydrogen (secondary N) is 1. The second kappa shape index (κ2) is 3.75. The maximum atomic E-state index is 9.88. The first-order valence-corrected chi connectivity index (χ1v) is 3.48. The molecule has 0 spiro atoms. The second-order valence-corrected chi connectivity index (χ2v) is 2.27. The van der Waals surface area contributed by atoms with Gasteiger partial charge in [-0.2, -0.15) is 5.10 Å². The molecule has 0 fully saturated rings. The van der Waals surface area contributed by atoms with E-state index in [1.54, 1.807) is 10.9 Å². The first-order chi connectivity index (χ1) is 5.34. The number of aryl methyl sites for hydroxylation is 1. The van der Waals surface area contributed by atoms with E-state index in [1.165, 1.54) is 0 Å². The Labute approximate surface area is 65.2 Å². The largest absolute Gasteiger partial charge is 0.358 e. The van der Waals surface area contributed by atoms with E-state index in [1.807, 2.05) is 13.1 Å². The minimum atomic E-state index is 0.670. The van der Waals surface area contributed by atoms with E-state index in [-0.39, 0.29) is 0 Å². The highest BCUT2D eigenvalue weighted by Gasteiger charge is 1.95. The van der Waals surface area contributed by atoms with E-state index >= 15 is 0 Å². The van der Waals surface area contributed by atoms with Crippen LogP contribution in [-0.2, 0) is 18.3 Å². The van der Waals surface area contributed by atoms with Gasteiger partial charge < -0.3 is 5.32 Å². The summed E-state index contributed by atoms with van der Waals surface area (Å²) in [5, 5.41) is 6.59. The van der Waals surface area contributed by atoms with Gasteiger partial charge in [-0.3, -0.25) is 9.48 Å². The van der Waals surface area contributed by atoms with Crippen molar-refractivity contribution < 1.29 is 4.79 Å². The Hall–Kier alpha value is -1.32. The van der Waals surface area contributed by atoms with Gasteiger partial charge in [0.15, 0.2) is 0 Å². The summed E-state index contributed by atoms with van der Waals surface area (Å²) in [4.78, 5) is 9.88. The lowest BCUT2D eigenvalue weighted by Gasteiger charge is -1.99. The average Bonchev–Trinajstić information content (AvgIpc) is 2.37. The molecule has 0 aliphatic heterocycles. The van der Waals surface area contributed by atoms with Crippen LogP contribution in [0.1, 0.15) is 5.69 Å². The van der Waals surface area contributed by atoms with E-state index in [9.17, 15) is 4.79 Å². The van der Waals surface area contributed by atoms with Gasteiger partial charge in [0, 0.05) is 31.9 Å². The maximum Gasteiger partial charge on any atom is 0.207 e. The van der Waals surface area contributed by atoms with Crippen LogP contribution in [0.25, 0.3) is 0 Å². The summed E-state index contributed by atoms with van der Waals surface area (Å²) in [7, 11) is 1.89. The van der Waals surface area contributed by atoms with Crippen LogP contribution >= 0.6 is 0 Å². The average molecular weight is 153 g/mol. The summed E-state index contributed by atoms with van der Waals surface area (Å²) in [5.74, 6) is 0. The zero-order valence-corrected chi connectivity index (χ0v) is 6.45. The number of carbonyl (C=O) groups is 1. The zero-order valence-electron chi connectivity index (χ0n) is 6.45. The fourth-order valence-electron chi connectivity index (χ4n) is 0.906. The molecule has 1 rings (SSSR count). The van der Waals surface area contributed by atoms with Gasteiger partial charge in [0.05, 0.1) is 0 Å². The molecule has 4 heteroatoms. The Morgan fingerprint density at radius 3 is 3.18 bits per heavy atom. The van der Waals surface area contributed by atoms with Gasteiger partial charge in [-0.05, 0) is 6.07 Å². The van der Waals surface area contributed by atoms with Crippen LogP contribution in [-0.4, -0.2) is 22.7 Å². The molecule has 1 amide bonds. The first kappa shape index (κ1) is 7.78. The monoisotopic (exact) mass is 153 g/mol. The molecule has 0 atom stereocenters. The SMILES string of the molecule is Cn1nccc1CCNC=O. The molecule has 60 valence electrons. The fourth-order valence-corrected chi connectivity index (χ4v) is 0.906. The third-order valence-corrected chi connectivity index (χ3v) is 1.53. The molecule has 0 saturated carbocycles. The molecule has 1 heterocycles. The maximum absolute atomic E-state index is 9.88. The summed E-state index contributed by atoms with van der Waals surface area (Å²) in [6.07, 6.45) is 3.28. The van der Waals surface area contributed by atoms with E-state index in [4.69, 9.17) is 0 Å². The molecule has 1 N–H and O–H groups in total. The standard InChI is InChI=1S/C7H11N3O/c1-10-7(3-5-9-10)2-4-8-6-11/h3,5-6H,2,4H2,1H3,(H,8,11). The van der Waals surface area contributed by atoms with Crippen LogP contribution in [0.3, 0.4) is 0 Å². The van der Waals surface area contributed by atoms with E-state index in [0.717, 1.165) is 12.1 Å². The highest BCUT2D eigenvalue weighted by atomic mass is 16.1. The van der Waals surface area contributed by atoms with Gasteiger partial charge in [-0.25, -0.2) is 0 Å². The topological polar surface area (TPSA) is 46.9 Å². The highest BCUT2D eigenvalue weighted by Crippen LogP contribution is 1.95. The van der Waals surface area contributed by atoms with Crippen molar-refractivity contribution in [2.45, 2.75) is 6.42 Å². The zero-order chi connectivity index (χ0) is 8.10. The summed E-state index contributed by atoms with van der Waals surface area (Å²) in [6, 6.07) is 1.94. The Bertz CT molecular complexity index is 231. The molecule has 1 aromatic rings. The second-order valence-electron chi connectivity index (χ2n) is 2.27. The molecule has 1 aromatic heterocycles. The van der Waals surface area contributed by atoms with Crippen LogP contribution in [0.5, 0.6) is 0 Å². The highest BCUT2D eigenvalue weighted by molar-refractivity contribution is 5.45. The van der Waals surface area contributed by atoms with Crippen molar-refractivity contribution >= 4 is 6.41 Å². The van der Waals surface area contributed by atoms with Crippen molar-refractivity contribution in [3.05, 3.63) is 18.0 Å². The number of carbonyl (C=O) groups excluding carboxylic acids is 1. The molecule has 0 saturated heterocycles. The predicted octanol–water partition coefficient (Wildman–Crippen LogP) is -0.291. The third-order valence-electron chi connectivity index (χ3n) is 1.53. The predicted molar refractivity (Wildman–Crippen MR) is 41.0 cm³/mol. The molecule has 0 aliphatic carbocycles. The summed E-state index contributed by atoms with van der Waals surface area (Å²) in [6.45, 7) is 0.670. The molecule has 0 aliphatic rings. The third kappa shape index (κ3) is 2.07. The van der Waals surface area contributed by atoms with Crippen molar-refractivity contribution in [1.82, 2.24) is 15.1 Å². The van der Waals surface area contributed by atoms with E-state index in [0.29, 0.717) is 13.0 Å². The molecule has 11 heavy (non-hydrogen) atoms. The summed E-state index contributed by atoms with van der Waals surface area (Å²) in [5.41, 5.74) is 1.12. The lowest BCUT2D eigenvalue weighted by atomic mass is 10.3. The Morgan fingerprint density at radius 1 is 1.82 bits per heavy atom. The van der Waals surface area contributed by atoms with Gasteiger partial charge in [-0.1, -0.05) is 0 Å². The minimum Gasteiger partial charge on any atom is -0.358 e. The van der Waals surface area contributed by atoms with Crippen LogP contribution < -0.4 is 5.32 Å². The van der Waals surface area contributed by atoms with Crippen molar-refractivity contribution in [3.63, 3.8) is 0 Å². The molecule has 0 unspecified atom stereocenters. The van der Waals surface area contributed by atoms with Gasteiger partial charge in [0.1, 0.15) is 0 Å². The Morgan fingerprint density at radius 2 is 2.64 bits per heavy atom. The minimum absolute atomic E-state index is 0.670. The molecule has 0 bridgehead atoms. The quantitative estimate of drug-likeness (QED) is 0.477. The molecule has 0 radical (unpaired) electrons. The van der Waals surface area contributed by atoms with Crippen molar-refractivity contribution in [1.29, 1.82) is 0 Å². The van der Waals surface area contributed by atoms with Crippen LogP contribution in [0.15, 0.2) is 12.3 Å². The lowest BCUT2D eigenvalue weighted by molar-refractivity contribution is -0.109. The van der Waals surface area contributed by atoms with Crippen molar-refractivity contribution in [3.8, 4) is 0 Å². The number of hydrogen-bond acceptors (Lipinski definition) is 2. The molecule has 0 aromatic carbocycles. The Kier molecular flexibility index (Phi) is 2.66. The fraction of sp³-hybridized carbons (Fsp3) is 0.429. The van der Waals surface area contributed by atoms with Gasteiger partial charge >= 0.3 is 0 Å². The first-order valence-electron chi connectivity index (χ1n) is 3.48. The summed E-state index contributed by atoms with van der Waals surface area (Å²) >= 11 is 0. The smallest absolute Gasteiger partial charge is 0.207 e. The van der Waals surface area contributed by atoms with Crippen LogP contribution in [0.4, 0.5) is 0 Å². The summed E-state index contributed by atoms with van der Waals surface area (Å²) < 4.78 is 1.80. The number of rotatable bonds is 4. The van der Waals surface area contributed by atoms with Crippen LogP contribution in [0, 0.1) is 0 Å². The number of nitrogens with zero attached hydrogens (tertiary/aromatic N) is 2. The van der Waals surface area contributed by atoms with Crippen molar-refractivity contribution in [2.24, 2.45) is 7.05 Å². The normalized spacial score (nSPS) is 9.55. The van der Waals surface area contributed by atoms with E-state index < -0.39 is 0 Å². The van der Waals surface area contributed by atoms with Gasteiger partial charge in [0.2, 0.25) is 6.41 Å². The number of amides is 1. The van der Waals surface area contributed by atoms with Crippen molar-refractivity contribution in [2.75, 3.05) is 6.54 Å². The van der Waals surface area contributed by atoms with Gasteiger partial charge in [-0.15, -0.1) is 0 Å². The van der Waals surface area contributed by atoms with E-state index in [2.05, 4.69) is 10.4 Å². The van der Waals surface area contributed by atoms with Crippen LogP contribution in [0.2, 0.25) is 0 Å². The molecular formula is C7H11N3O. The number of hydrogen-bond donors (Lipinski definition) is 1. The van der Waals surface area contributed by atoms with Gasteiger partial charge in [0.25, 0.3) is 0 Å².